The van der Waals surface area contributed by atoms with Crippen molar-refractivity contribution in [3.05, 3.63) is 35.4 Å². The third kappa shape index (κ3) is 4.40. The van der Waals surface area contributed by atoms with Crippen LogP contribution >= 0.6 is 0 Å². The Morgan fingerprint density at radius 3 is 2.41 bits per heavy atom. The Labute approximate surface area is 101 Å². The van der Waals surface area contributed by atoms with Crippen molar-refractivity contribution >= 4 is 0 Å². The molecule has 1 rings (SSSR count). The molecule has 0 aliphatic heterocycles. The summed E-state index contributed by atoms with van der Waals surface area (Å²) in [7, 11) is 1.94. The number of nitrogens with two attached hydrogens (primary N) is 1. The topological polar surface area (TPSA) is 29.3 Å². The third-order valence-corrected chi connectivity index (χ3v) is 2.69. The third-order valence-electron chi connectivity index (χ3n) is 2.69. The lowest BCUT2D eigenvalue weighted by atomic mass is 9.93. The molecule has 0 bridgehead atoms. The van der Waals surface area contributed by atoms with Gasteiger partial charge in [-0.25, -0.2) is 8.78 Å². The van der Waals surface area contributed by atoms with Gasteiger partial charge in [-0.1, -0.05) is 19.9 Å². The predicted octanol–water partition coefficient (Wildman–Crippen LogP) is 2.38. The summed E-state index contributed by atoms with van der Waals surface area (Å²) in [6.45, 7) is 6.14. The van der Waals surface area contributed by atoms with Gasteiger partial charge in [0.05, 0.1) is 0 Å². The molecule has 0 fully saturated rings. The molecule has 2 nitrogen and oxygen atoms in total. The summed E-state index contributed by atoms with van der Waals surface area (Å²) >= 11 is 0. The first kappa shape index (κ1) is 14.1. The van der Waals surface area contributed by atoms with Crippen LogP contribution in [0.1, 0.15) is 19.4 Å². The molecule has 1 aromatic rings. The Balaban J connectivity index is 2.62. The molecule has 17 heavy (non-hydrogen) atoms. The van der Waals surface area contributed by atoms with Crippen LogP contribution in [0.5, 0.6) is 0 Å². The van der Waals surface area contributed by atoms with E-state index in [1.54, 1.807) is 6.07 Å². The number of hydrogen-bond acceptors (Lipinski definition) is 2. The molecule has 0 spiro atoms. The van der Waals surface area contributed by atoms with Gasteiger partial charge in [0.1, 0.15) is 0 Å². The number of benzene rings is 1. The lowest BCUT2D eigenvalue weighted by molar-refractivity contribution is 0.209. The molecule has 4 heteroatoms. The number of halogens is 2. The quantitative estimate of drug-likeness (QED) is 0.859. The van der Waals surface area contributed by atoms with Crippen molar-refractivity contribution in [3.8, 4) is 0 Å². The van der Waals surface area contributed by atoms with Gasteiger partial charge in [-0.2, -0.15) is 0 Å². The van der Waals surface area contributed by atoms with Gasteiger partial charge < -0.3 is 10.6 Å². The van der Waals surface area contributed by atoms with E-state index >= 15 is 0 Å². The molecule has 96 valence electrons. The van der Waals surface area contributed by atoms with Crippen molar-refractivity contribution in [2.75, 3.05) is 20.1 Å². The van der Waals surface area contributed by atoms with Crippen LogP contribution in [0.4, 0.5) is 8.78 Å². The molecule has 0 radical (unpaired) electrons. The van der Waals surface area contributed by atoms with Gasteiger partial charge in [-0.15, -0.1) is 0 Å². The van der Waals surface area contributed by atoms with E-state index in [0.29, 0.717) is 13.1 Å². The predicted molar refractivity (Wildman–Crippen MR) is 65.5 cm³/mol. The minimum Gasteiger partial charge on any atom is -0.330 e. The SMILES string of the molecule is CN(Cc1ccc(F)c(F)c1)CC(C)(C)CN. The molecule has 1 aromatic carbocycles. The van der Waals surface area contributed by atoms with Gasteiger partial charge in [0.25, 0.3) is 0 Å². The fourth-order valence-corrected chi connectivity index (χ4v) is 1.80. The number of rotatable bonds is 5. The molecule has 0 unspecified atom stereocenters. The molecule has 0 saturated heterocycles. The highest BCUT2D eigenvalue weighted by atomic mass is 19.2. The summed E-state index contributed by atoms with van der Waals surface area (Å²) in [6.07, 6.45) is 0. The van der Waals surface area contributed by atoms with Crippen molar-refractivity contribution in [1.82, 2.24) is 4.90 Å². The van der Waals surface area contributed by atoms with E-state index in [-0.39, 0.29) is 5.41 Å². The van der Waals surface area contributed by atoms with E-state index in [1.165, 1.54) is 6.07 Å². The van der Waals surface area contributed by atoms with Crippen LogP contribution < -0.4 is 5.73 Å². The summed E-state index contributed by atoms with van der Waals surface area (Å²) in [5, 5.41) is 0. The first-order valence-corrected chi connectivity index (χ1v) is 5.66. The lowest BCUT2D eigenvalue weighted by Crippen LogP contribution is -2.36. The minimum atomic E-state index is -0.807. The Hall–Kier alpha value is -1.00. The minimum absolute atomic E-state index is 0.0212. The van der Waals surface area contributed by atoms with Crippen molar-refractivity contribution in [2.24, 2.45) is 11.1 Å². The molecular formula is C13H20F2N2. The molecule has 0 aliphatic rings. The van der Waals surface area contributed by atoms with Crippen LogP contribution in [0.2, 0.25) is 0 Å². The normalized spacial score (nSPS) is 12.2. The monoisotopic (exact) mass is 242 g/mol. The molecule has 0 saturated carbocycles. The smallest absolute Gasteiger partial charge is 0.159 e. The van der Waals surface area contributed by atoms with Crippen LogP contribution in [-0.2, 0) is 6.54 Å². The van der Waals surface area contributed by atoms with Gasteiger partial charge in [-0.05, 0) is 36.7 Å². The first-order chi connectivity index (χ1) is 7.84. The van der Waals surface area contributed by atoms with E-state index in [9.17, 15) is 8.78 Å². The zero-order chi connectivity index (χ0) is 13.1. The Kier molecular flexibility index (Phi) is 4.60. The van der Waals surface area contributed by atoms with Crippen LogP contribution in [0.15, 0.2) is 18.2 Å². The Morgan fingerprint density at radius 1 is 1.24 bits per heavy atom. The van der Waals surface area contributed by atoms with Crippen molar-refractivity contribution in [3.63, 3.8) is 0 Å². The second-order valence-corrected chi connectivity index (χ2v) is 5.29. The maximum atomic E-state index is 13.0. The van der Waals surface area contributed by atoms with E-state index in [2.05, 4.69) is 18.7 Å². The summed E-state index contributed by atoms with van der Waals surface area (Å²) < 4.78 is 25.8. The Morgan fingerprint density at radius 2 is 1.88 bits per heavy atom. The summed E-state index contributed by atoms with van der Waals surface area (Å²) in [4.78, 5) is 2.06. The van der Waals surface area contributed by atoms with E-state index in [1.807, 2.05) is 7.05 Å². The zero-order valence-corrected chi connectivity index (χ0v) is 10.6. The molecule has 0 amide bonds. The maximum Gasteiger partial charge on any atom is 0.159 e. The van der Waals surface area contributed by atoms with Gasteiger partial charge in [0.15, 0.2) is 11.6 Å². The van der Waals surface area contributed by atoms with Gasteiger partial charge >= 0.3 is 0 Å². The summed E-state index contributed by atoms with van der Waals surface area (Å²) in [5.41, 5.74) is 6.44. The van der Waals surface area contributed by atoms with E-state index < -0.39 is 11.6 Å². The van der Waals surface area contributed by atoms with E-state index in [0.717, 1.165) is 18.2 Å². The molecule has 0 heterocycles. The van der Waals surface area contributed by atoms with Crippen molar-refractivity contribution in [1.29, 1.82) is 0 Å². The molecule has 0 aliphatic carbocycles. The first-order valence-electron chi connectivity index (χ1n) is 5.66. The largest absolute Gasteiger partial charge is 0.330 e. The lowest BCUT2D eigenvalue weighted by Gasteiger charge is -2.29. The van der Waals surface area contributed by atoms with Crippen LogP contribution in [-0.4, -0.2) is 25.0 Å². The van der Waals surface area contributed by atoms with E-state index in [4.69, 9.17) is 5.73 Å². The Bertz CT molecular complexity index is 378. The highest BCUT2D eigenvalue weighted by molar-refractivity contribution is 5.17. The van der Waals surface area contributed by atoms with Crippen LogP contribution in [0, 0.1) is 17.0 Å². The van der Waals surface area contributed by atoms with Crippen LogP contribution in [0.3, 0.4) is 0 Å². The second kappa shape index (κ2) is 5.56. The zero-order valence-electron chi connectivity index (χ0n) is 10.6. The molecule has 0 atom stereocenters. The van der Waals surface area contributed by atoms with Crippen molar-refractivity contribution < 1.29 is 8.78 Å². The fraction of sp³-hybridized carbons (Fsp3) is 0.538. The maximum absolute atomic E-state index is 13.0. The molecular weight excluding hydrogens is 222 g/mol. The van der Waals surface area contributed by atoms with Crippen LogP contribution in [0.25, 0.3) is 0 Å². The van der Waals surface area contributed by atoms with Gasteiger partial charge in [0.2, 0.25) is 0 Å². The highest BCUT2D eigenvalue weighted by Gasteiger charge is 2.18. The van der Waals surface area contributed by atoms with Gasteiger partial charge in [0, 0.05) is 13.1 Å². The standard InChI is InChI=1S/C13H20F2N2/c1-13(2,8-16)9-17(3)7-10-4-5-11(14)12(15)6-10/h4-6H,7-9,16H2,1-3H3. The van der Waals surface area contributed by atoms with Gasteiger partial charge in [-0.3, -0.25) is 0 Å². The average molecular weight is 242 g/mol. The highest BCUT2D eigenvalue weighted by Crippen LogP contribution is 2.16. The second-order valence-electron chi connectivity index (χ2n) is 5.29. The summed E-state index contributed by atoms with van der Waals surface area (Å²) in [6, 6.07) is 4.00. The summed E-state index contributed by atoms with van der Waals surface area (Å²) in [5.74, 6) is -1.60. The number of nitrogens with zero attached hydrogens (tertiary/aromatic N) is 1. The number of hydrogen-bond donors (Lipinski definition) is 1. The fourth-order valence-electron chi connectivity index (χ4n) is 1.80. The molecule has 2 N–H and O–H groups in total. The van der Waals surface area contributed by atoms with Crippen molar-refractivity contribution in [2.45, 2.75) is 20.4 Å². The molecule has 0 aromatic heterocycles. The average Bonchev–Trinajstić information content (AvgIpc) is 2.23.